The highest BCUT2D eigenvalue weighted by molar-refractivity contribution is 7.99. The smallest absolute Gasteiger partial charge is 0.410 e. The molecule has 18 nitrogen and oxygen atoms in total. The van der Waals surface area contributed by atoms with E-state index < -0.39 is 40.3 Å². The third-order valence-electron chi connectivity index (χ3n) is 12.6. The third-order valence-corrected chi connectivity index (χ3v) is 14.9. The minimum absolute atomic E-state index is 0.00792. The van der Waals surface area contributed by atoms with Gasteiger partial charge in [-0.1, -0.05) is 62.5 Å². The predicted molar refractivity (Wildman–Crippen MR) is 312 cm³/mol. The minimum atomic E-state index is -0.733. The fourth-order valence-electron chi connectivity index (χ4n) is 8.89. The van der Waals surface area contributed by atoms with Crippen LogP contribution in [0.1, 0.15) is 120 Å². The van der Waals surface area contributed by atoms with Gasteiger partial charge in [-0.2, -0.15) is 9.97 Å². The van der Waals surface area contributed by atoms with E-state index in [9.17, 15) is 28.0 Å². The van der Waals surface area contributed by atoms with Crippen molar-refractivity contribution in [2.75, 3.05) is 43.6 Å². The van der Waals surface area contributed by atoms with Gasteiger partial charge in [0.15, 0.2) is 33.2 Å². The Kier molecular flexibility index (Phi) is 20.3. The van der Waals surface area contributed by atoms with E-state index in [1.165, 1.54) is 38.7 Å². The summed E-state index contributed by atoms with van der Waals surface area (Å²) < 4.78 is 42.3. The van der Waals surface area contributed by atoms with Crippen LogP contribution in [0.4, 0.5) is 24.2 Å². The van der Waals surface area contributed by atoms with E-state index in [0.29, 0.717) is 47.3 Å². The van der Waals surface area contributed by atoms with Gasteiger partial charge in [-0.05, 0) is 118 Å². The van der Waals surface area contributed by atoms with Crippen LogP contribution in [-0.2, 0) is 9.47 Å². The Balaban J connectivity index is 0.000000214. The third kappa shape index (κ3) is 14.6. The maximum absolute atomic E-state index is 14.9. The van der Waals surface area contributed by atoms with Crippen LogP contribution in [0, 0.1) is 11.6 Å². The first-order valence-electron chi connectivity index (χ1n) is 25.7. The number of thioether (sulfide) groups is 2. The van der Waals surface area contributed by atoms with Gasteiger partial charge in [0.05, 0.1) is 33.5 Å². The molecule has 4 atom stereocenters. The molecule has 8 rings (SSSR count). The Bertz CT molecular complexity index is 3360. The quantitative estimate of drug-likeness (QED) is 0.0899. The topological polar surface area (TPSA) is 196 Å². The summed E-state index contributed by atoms with van der Waals surface area (Å²) >= 11 is 20.9. The Labute approximate surface area is 482 Å². The van der Waals surface area contributed by atoms with Crippen LogP contribution in [0.5, 0.6) is 0 Å². The van der Waals surface area contributed by atoms with Crippen molar-refractivity contribution >= 4 is 98.4 Å². The summed E-state index contributed by atoms with van der Waals surface area (Å²) in [5.74, 6) is -1.13. The van der Waals surface area contributed by atoms with Crippen molar-refractivity contribution in [3.8, 4) is 11.4 Å². The molecule has 8 heterocycles. The standard InChI is InChI=1S/C27H34ClFN6O3S.C16H13Cl2FN4OS.C11H22N2O2/c1-14(2)20-21(19(39-8)9-10-30-20)35-24-17(11-18(29)22(28)31-24)23(32-25(35)36)33-12-16(4)34(13-15(33)3)26(37)38-27(5,6)7;1-7(2)11-12(10(25-3)4-5-20-11)23-15-8(13(17)22-16(23)24)6-9(19)14(18)21-15;1-8-7-13(9(2)6-12-8)10(14)15-11(3,4)5/h9-11,14-16H,12-13H2,1-8H3;4-7H,1-3H3;8-9,12H,6-7H2,1-5H3/t15-,16+;;8-,9+/m0.0/s1. The van der Waals surface area contributed by atoms with Gasteiger partial charge in [-0.15, -0.1) is 23.5 Å². The molecule has 0 radical (unpaired) electrons. The molecule has 2 fully saturated rings. The zero-order valence-corrected chi connectivity index (χ0v) is 51.2. The number of carbonyl (C=O) groups excluding carboxylic acids is 2. The number of carbonyl (C=O) groups is 2. The van der Waals surface area contributed by atoms with Gasteiger partial charge in [-0.25, -0.2) is 47.1 Å². The van der Waals surface area contributed by atoms with Crippen LogP contribution >= 0.6 is 58.3 Å². The molecule has 2 amide bonds. The van der Waals surface area contributed by atoms with Crippen LogP contribution in [0.3, 0.4) is 0 Å². The van der Waals surface area contributed by atoms with Crippen molar-refractivity contribution in [1.29, 1.82) is 0 Å². The van der Waals surface area contributed by atoms with E-state index in [1.54, 1.807) is 28.3 Å². The van der Waals surface area contributed by atoms with Crippen LogP contribution in [-0.4, -0.2) is 135 Å². The van der Waals surface area contributed by atoms with Gasteiger partial charge in [-0.3, -0.25) is 9.97 Å². The second-order valence-corrected chi connectivity index (χ2v) is 24.7. The summed E-state index contributed by atoms with van der Waals surface area (Å²) in [5.41, 5.74) is 0.586. The van der Waals surface area contributed by atoms with Gasteiger partial charge < -0.3 is 29.5 Å². The first kappa shape index (κ1) is 62.8. The van der Waals surface area contributed by atoms with Crippen LogP contribution in [0.2, 0.25) is 15.5 Å². The number of hydrogen-bond acceptors (Lipinski definition) is 16. The van der Waals surface area contributed by atoms with Gasteiger partial charge >= 0.3 is 23.6 Å². The molecule has 0 aromatic carbocycles. The lowest BCUT2D eigenvalue weighted by atomic mass is 10.1. The highest BCUT2D eigenvalue weighted by Gasteiger charge is 2.37. The largest absolute Gasteiger partial charge is 0.444 e. The number of anilines is 1. The summed E-state index contributed by atoms with van der Waals surface area (Å²) in [4.78, 5) is 83.7. The number of amides is 2. The number of hydrogen-bond donors (Lipinski definition) is 1. The van der Waals surface area contributed by atoms with E-state index in [-0.39, 0.29) is 74.0 Å². The van der Waals surface area contributed by atoms with Crippen molar-refractivity contribution in [1.82, 2.24) is 54.2 Å². The van der Waals surface area contributed by atoms with Crippen molar-refractivity contribution in [2.24, 2.45) is 0 Å². The Morgan fingerprint density at radius 3 is 1.54 bits per heavy atom. The average molecular weight is 1190 g/mol. The highest BCUT2D eigenvalue weighted by atomic mass is 35.5. The second kappa shape index (κ2) is 25.6. The van der Waals surface area contributed by atoms with Crippen molar-refractivity contribution in [2.45, 2.75) is 154 Å². The number of pyridine rings is 4. The molecule has 1 N–H and O–H groups in total. The summed E-state index contributed by atoms with van der Waals surface area (Å²) in [6.45, 7) is 29.2. The number of nitrogens with zero attached hydrogens (tertiary/aromatic N) is 11. The maximum atomic E-state index is 14.9. The van der Waals surface area contributed by atoms with Gasteiger partial charge in [0.25, 0.3) is 0 Å². The lowest BCUT2D eigenvalue weighted by Gasteiger charge is -2.44. The molecule has 6 aromatic heterocycles. The monoisotopic (exact) mass is 1190 g/mol. The number of ether oxygens (including phenoxy) is 2. The molecule has 0 bridgehead atoms. The summed E-state index contributed by atoms with van der Waals surface area (Å²) in [5, 5.41) is 3.06. The van der Waals surface area contributed by atoms with E-state index >= 15 is 0 Å². The summed E-state index contributed by atoms with van der Waals surface area (Å²) in [7, 11) is 0. The molecule has 25 heteroatoms. The van der Waals surface area contributed by atoms with E-state index in [0.717, 1.165) is 28.9 Å². The molecule has 79 heavy (non-hydrogen) atoms. The molecular formula is C54H69Cl3F2N12O6S2. The highest BCUT2D eigenvalue weighted by Crippen LogP contribution is 2.36. The lowest BCUT2D eigenvalue weighted by Crippen LogP contribution is -2.59. The lowest BCUT2D eigenvalue weighted by molar-refractivity contribution is 0.0101. The number of piperazine rings is 2. The normalized spacial score (nSPS) is 17.9. The summed E-state index contributed by atoms with van der Waals surface area (Å²) in [6.07, 6.45) is 6.57. The fourth-order valence-corrected chi connectivity index (χ4v) is 10.5. The first-order chi connectivity index (χ1) is 36.9. The Morgan fingerprint density at radius 1 is 0.646 bits per heavy atom. The zero-order chi connectivity index (χ0) is 58.7. The Morgan fingerprint density at radius 2 is 1.09 bits per heavy atom. The van der Waals surface area contributed by atoms with Gasteiger partial charge in [0.2, 0.25) is 0 Å². The molecule has 2 saturated heterocycles. The van der Waals surface area contributed by atoms with E-state index in [4.69, 9.17) is 44.3 Å². The molecule has 0 unspecified atom stereocenters. The number of fused-ring (bicyclic) bond motifs is 2. The van der Waals surface area contributed by atoms with Gasteiger partial charge in [0.1, 0.15) is 22.2 Å². The Hall–Kier alpha value is -5.39. The predicted octanol–water partition coefficient (Wildman–Crippen LogP) is 11.7. The van der Waals surface area contributed by atoms with E-state index in [2.05, 4.69) is 42.1 Å². The van der Waals surface area contributed by atoms with E-state index in [1.807, 2.05) is 113 Å². The summed E-state index contributed by atoms with van der Waals surface area (Å²) in [6, 6.07) is 6.06. The molecule has 0 aliphatic carbocycles. The van der Waals surface area contributed by atoms with Crippen LogP contribution in [0.25, 0.3) is 33.4 Å². The SMILES string of the molecule is CSc1ccnc(C(C)C)c1-n1c(=O)nc(Cl)c2cc(F)c(Cl)nc21.CSc1ccnc(C(C)C)c1-n1c(=O)nc(N2C[C@@H](C)N(C(=O)OC(C)(C)C)C[C@@H]2C)c2cc(F)c(Cl)nc21.C[C@@H]1CN[C@@H](C)CN1C(=O)OC(C)(C)C. The van der Waals surface area contributed by atoms with Crippen molar-refractivity contribution in [3.05, 3.63) is 96.1 Å². The van der Waals surface area contributed by atoms with Gasteiger partial charge in [0, 0.05) is 72.5 Å². The second-order valence-electron chi connectivity index (χ2n) is 21.9. The molecule has 6 aromatic rings. The molecule has 2 aliphatic heterocycles. The minimum Gasteiger partial charge on any atom is -0.444 e. The van der Waals surface area contributed by atoms with Crippen molar-refractivity contribution in [3.63, 3.8) is 0 Å². The molecule has 0 saturated carbocycles. The first-order valence-corrected chi connectivity index (χ1v) is 29.2. The molecular weight excluding hydrogens is 1120 g/mol. The number of nitrogens with one attached hydrogen (secondary N) is 1. The van der Waals surface area contributed by atoms with Crippen LogP contribution < -0.4 is 21.6 Å². The average Bonchev–Trinajstić information content (AvgIpc) is 3.50. The maximum Gasteiger partial charge on any atom is 0.410 e. The molecule has 428 valence electrons. The zero-order valence-electron chi connectivity index (χ0n) is 47.3. The fraction of sp³-hybridized carbons (Fsp3) is 0.519. The molecule has 0 spiro atoms. The molecule has 2 aliphatic rings. The van der Waals surface area contributed by atoms with Crippen molar-refractivity contribution < 1.29 is 27.8 Å². The number of rotatable bonds is 7. The number of halogens is 5. The van der Waals surface area contributed by atoms with Crippen LogP contribution in [0.15, 0.2) is 56.0 Å². The number of aromatic nitrogens is 8.